The maximum absolute atomic E-state index is 13.9. The minimum absolute atomic E-state index is 0.0544. The summed E-state index contributed by atoms with van der Waals surface area (Å²) in [7, 11) is 0. The van der Waals surface area contributed by atoms with Gasteiger partial charge in [-0.25, -0.2) is 8.78 Å². The van der Waals surface area contributed by atoms with Gasteiger partial charge in [0, 0.05) is 24.6 Å². The molecule has 1 fully saturated rings. The topological polar surface area (TPSA) is 54.5 Å². The fourth-order valence-corrected chi connectivity index (χ4v) is 3.64. The summed E-state index contributed by atoms with van der Waals surface area (Å²) >= 11 is 0. The molecular formula is C24H25F2NO3. The predicted molar refractivity (Wildman–Crippen MR) is 109 cm³/mol. The van der Waals surface area contributed by atoms with Gasteiger partial charge in [-0.15, -0.1) is 0 Å². The Balaban J connectivity index is 1.63. The van der Waals surface area contributed by atoms with Gasteiger partial charge in [0.1, 0.15) is 11.6 Å². The minimum Gasteiger partial charge on any atom is -0.336 e. The zero-order valence-electron chi connectivity index (χ0n) is 17.4. The van der Waals surface area contributed by atoms with Crippen LogP contribution in [0, 0.1) is 17.6 Å². The summed E-state index contributed by atoms with van der Waals surface area (Å²) in [6, 6.07) is 9.81. The van der Waals surface area contributed by atoms with Gasteiger partial charge in [0.15, 0.2) is 5.78 Å². The number of piperidine rings is 1. The van der Waals surface area contributed by atoms with Crippen LogP contribution in [0.4, 0.5) is 8.78 Å². The van der Waals surface area contributed by atoms with E-state index in [-0.39, 0.29) is 24.1 Å². The Morgan fingerprint density at radius 3 is 2.10 bits per heavy atom. The number of Topliss-reactive ketones (excluding diaryl/α,β-unsaturated/α-hetero) is 2. The van der Waals surface area contributed by atoms with Gasteiger partial charge in [-0.05, 0) is 42.0 Å². The van der Waals surface area contributed by atoms with Crippen LogP contribution in [-0.4, -0.2) is 35.5 Å². The van der Waals surface area contributed by atoms with Gasteiger partial charge in [0.2, 0.25) is 5.78 Å². The van der Waals surface area contributed by atoms with Crippen LogP contribution in [0.25, 0.3) is 0 Å². The zero-order valence-corrected chi connectivity index (χ0v) is 17.4. The molecule has 0 aromatic heterocycles. The van der Waals surface area contributed by atoms with Crippen molar-refractivity contribution in [1.82, 2.24) is 4.90 Å². The van der Waals surface area contributed by atoms with Gasteiger partial charge in [-0.2, -0.15) is 0 Å². The lowest BCUT2D eigenvalue weighted by Gasteiger charge is -2.31. The minimum atomic E-state index is -0.756. The monoisotopic (exact) mass is 413 g/mol. The van der Waals surface area contributed by atoms with Crippen molar-refractivity contribution in [3.05, 3.63) is 70.8 Å². The molecule has 4 nitrogen and oxygen atoms in total. The van der Waals surface area contributed by atoms with Gasteiger partial charge in [0.25, 0.3) is 5.91 Å². The largest absolute Gasteiger partial charge is 0.336 e. The fraction of sp³-hybridized carbons (Fsp3) is 0.375. The third kappa shape index (κ3) is 4.64. The molecule has 0 bridgehead atoms. The number of hydrogen-bond donors (Lipinski definition) is 0. The average molecular weight is 413 g/mol. The lowest BCUT2D eigenvalue weighted by Crippen LogP contribution is -2.43. The van der Waals surface area contributed by atoms with E-state index in [1.807, 2.05) is 12.1 Å². The standard InChI is InChI=1S/C24H25F2NO3/c1-24(2,3)17-6-4-15(5-7-17)22(29)23(30)27-12-10-16(11-13-27)21(28)19-14-18(25)8-9-20(19)26/h4-9,14,16H,10-13H2,1-3H3. The highest BCUT2D eigenvalue weighted by Gasteiger charge is 2.32. The summed E-state index contributed by atoms with van der Waals surface area (Å²) in [5.74, 6) is -3.60. The second-order valence-corrected chi connectivity index (χ2v) is 8.71. The SMILES string of the molecule is CC(C)(C)c1ccc(C(=O)C(=O)N2CCC(C(=O)c3cc(F)ccc3F)CC2)cc1. The number of carbonyl (C=O) groups excluding carboxylic acids is 3. The quantitative estimate of drug-likeness (QED) is 0.545. The Hall–Kier alpha value is -2.89. The first-order chi connectivity index (χ1) is 14.1. The number of amides is 1. The van der Waals surface area contributed by atoms with Crippen molar-refractivity contribution in [2.24, 2.45) is 5.92 Å². The number of carbonyl (C=O) groups is 3. The van der Waals surface area contributed by atoms with Crippen molar-refractivity contribution in [1.29, 1.82) is 0 Å². The van der Waals surface area contributed by atoms with Gasteiger partial charge < -0.3 is 4.90 Å². The lowest BCUT2D eigenvalue weighted by atomic mass is 9.86. The van der Waals surface area contributed by atoms with Crippen molar-refractivity contribution >= 4 is 17.5 Å². The summed E-state index contributed by atoms with van der Waals surface area (Å²) in [6.45, 7) is 6.64. The number of likely N-dealkylation sites (tertiary alicyclic amines) is 1. The van der Waals surface area contributed by atoms with E-state index in [4.69, 9.17) is 0 Å². The van der Waals surface area contributed by atoms with Gasteiger partial charge >= 0.3 is 0 Å². The smallest absolute Gasteiger partial charge is 0.294 e. The molecule has 0 atom stereocenters. The van der Waals surface area contributed by atoms with Crippen molar-refractivity contribution in [3.63, 3.8) is 0 Å². The van der Waals surface area contributed by atoms with E-state index in [9.17, 15) is 23.2 Å². The molecule has 1 aliphatic heterocycles. The van der Waals surface area contributed by atoms with Crippen LogP contribution in [0.1, 0.15) is 59.9 Å². The number of halogens is 2. The van der Waals surface area contributed by atoms with Crippen molar-refractivity contribution in [2.75, 3.05) is 13.1 Å². The highest BCUT2D eigenvalue weighted by atomic mass is 19.1. The van der Waals surface area contributed by atoms with Crippen LogP contribution >= 0.6 is 0 Å². The van der Waals surface area contributed by atoms with Crippen molar-refractivity contribution < 1.29 is 23.2 Å². The Morgan fingerprint density at radius 1 is 0.933 bits per heavy atom. The van der Waals surface area contributed by atoms with E-state index in [0.29, 0.717) is 18.4 Å². The van der Waals surface area contributed by atoms with E-state index in [1.54, 1.807) is 12.1 Å². The van der Waals surface area contributed by atoms with Crippen LogP contribution in [-0.2, 0) is 10.2 Å². The van der Waals surface area contributed by atoms with Crippen molar-refractivity contribution in [2.45, 2.75) is 39.0 Å². The highest BCUT2D eigenvalue weighted by molar-refractivity contribution is 6.42. The van der Waals surface area contributed by atoms with Crippen LogP contribution in [0.15, 0.2) is 42.5 Å². The first-order valence-corrected chi connectivity index (χ1v) is 10.0. The Kier molecular flexibility index (Phi) is 6.15. The normalized spacial score (nSPS) is 15.2. The summed E-state index contributed by atoms with van der Waals surface area (Å²) in [4.78, 5) is 39.1. The molecule has 1 saturated heterocycles. The third-order valence-corrected chi connectivity index (χ3v) is 5.55. The Morgan fingerprint density at radius 2 is 1.53 bits per heavy atom. The van der Waals surface area contributed by atoms with E-state index < -0.39 is 35.0 Å². The molecule has 0 N–H and O–H groups in total. The first-order valence-electron chi connectivity index (χ1n) is 10.0. The van der Waals surface area contributed by atoms with Gasteiger partial charge in [-0.1, -0.05) is 45.0 Å². The average Bonchev–Trinajstić information content (AvgIpc) is 2.73. The molecule has 158 valence electrons. The number of benzene rings is 2. The summed E-state index contributed by atoms with van der Waals surface area (Å²) < 4.78 is 27.3. The van der Waals surface area contributed by atoms with Crippen LogP contribution in [0.5, 0.6) is 0 Å². The molecule has 0 spiro atoms. The van der Waals surface area contributed by atoms with E-state index in [1.165, 1.54) is 4.90 Å². The third-order valence-electron chi connectivity index (χ3n) is 5.55. The molecule has 1 aliphatic rings. The van der Waals surface area contributed by atoms with Crippen LogP contribution < -0.4 is 0 Å². The molecule has 0 saturated carbocycles. The van der Waals surface area contributed by atoms with Crippen LogP contribution in [0.2, 0.25) is 0 Å². The Labute approximate surface area is 174 Å². The van der Waals surface area contributed by atoms with E-state index >= 15 is 0 Å². The summed E-state index contributed by atoms with van der Waals surface area (Å²) in [5.41, 5.74) is 1.07. The van der Waals surface area contributed by atoms with Gasteiger partial charge in [-0.3, -0.25) is 14.4 Å². The molecule has 0 aliphatic carbocycles. The molecule has 0 radical (unpaired) electrons. The molecule has 3 rings (SSSR count). The van der Waals surface area contributed by atoms with E-state index in [2.05, 4.69) is 20.8 Å². The zero-order chi connectivity index (χ0) is 22.1. The number of nitrogens with zero attached hydrogens (tertiary/aromatic N) is 1. The maximum Gasteiger partial charge on any atom is 0.294 e. The maximum atomic E-state index is 13.9. The second kappa shape index (κ2) is 8.46. The molecule has 1 amide bonds. The van der Waals surface area contributed by atoms with Crippen molar-refractivity contribution in [3.8, 4) is 0 Å². The van der Waals surface area contributed by atoms with E-state index in [0.717, 1.165) is 23.8 Å². The lowest BCUT2D eigenvalue weighted by molar-refractivity contribution is -0.127. The van der Waals surface area contributed by atoms with Gasteiger partial charge in [0.05, 0.1) is 5.56 Å². The second-order valence-electron chi connectivity index (χ2n) is 8.71. The molecular weight excluding hydrogens is 388 g/mol. The number of ketones is 2. The molecule has 30 heavy (non-hydrogen) atoms. The molecule has 6 heteroatoms. The number of hydrogen-bond acceptors (Lipinski definition) is 3. The molecule has 2 aromatic rings. The molecule has 2 aromatic carbocycles. The van der Waals surface area contributed by atoms with Crippen LogP contribution in [0.3, 0.4) is 0 Å². The molecule has 0 unspecified atom stereocenters. The molecule has 1 heterocycles. The summed E-state index contributed by atoms with van der Waals surface area (Å²) in [5, 5.41) is 0. The Bertz CT molecular complexity index is 969. The first kappa shape index (κ1) is 21.8. The number of rotatable bonds is 4. The predicted octanol–water partition coefficient (Wildman–Crippen LogP) is 4.57. The fourth-order valence-electron chi connectivity index (χ4n) is 3.64. The highest BCUT2D eigenvalue weighted by Crippen LogP contribution is 2.25. The summed E-state index contributed by atoms with van der Waals surface area (Å²) in [6.07, 6.45) is 0.605.